The number of rotatable bonds is 4. The zero-order chi connectivity index (χ0) is 18.7. The third kappa shape index (κ3) is 7.77. The largest absolute Gasteiger partial charge is 0.483 e. The fourth-order valence-corrected chi connectivity index (χ4v) is 2.32. The number of urea groups is 1. The quantitative estimate of drug-likeness (QED) is 0.765. The first-order valence-electron chi connectivity index (χ1n) is 8.08. The van der Waals surface area contributed by atoms with Gasteiger partial charge in [-0.2, -0.15) is 0 Å². The van der Waals surface area contributed by atoms with Gasteiger partial charge in [-0.25, -0.2) is 4.79 Å². The number of hydrogen-bond donors (Lipinski definition) is 2. The topological polar surface area (TPSA) is 93.2 Å². The monoisotopic (exact) mass is 350 g/mol. The molecule has 1 fully saturated rings. The van der Waals surface area contributed by atoms with E-state index in [1.54, 1.807) is 36.2 Å². The van der Waals surface area contributed by atoms with Crippen molar-refractivity contribution in [1.29, 1.82) is 0 Å². The lowest BCUT2D eigenvalue weighted by molar-refractivity contribution is -0.122. The fraction of sp³-hybridized carbons (Fsp3) is 0.471. The first kappa shape index (κ1) is 20.6. The summed E-state index contributed by atoms with van der Waals surface area (Å²) in [5.74, 6) is -0.364. The number of likely N-dealkylation sites (N-methyl/N-ethyl adjacent to an activating group) is 2. The molecule has 138 valence electrons. The first-order chi connectivity index (χ1) is 12.0. The molecule has 0 unspecified atom stereocenters. The summed E-state index contributed by atoms with van der Waals surface area (Å²) in [7, 11) is 3.83. The van der Waals surface area contributed by atoms with E-state index in [0.29, 0.717) is 12.1 Å². The van der Waals surface area contributed by atoms with Gasteiger partial charge in [0.05, 0.1) is 0 Å². The van der Waals surface area contributed by atoms with Crippen molar-refractivity contribution < 1.29 is 19.5 Å². The van der Waals surface area contributed by atoms with E-state index in [4.69, 9.17) is 9.90 Å². The number of carbonyl (C=O) groups excluding carboxylic acids is 2. The van der Waals surface area contributed by atoms with Crippen LogP contribution >= 0.6 is 0 Å². The molecule has 1 heterocycles. The molecule has 3 amide bonds. The minimum absolute atomic E-state index is 0.250. The minimum Gasteiger partial charge on any atom is -0.483 e. The van der Waals surface area contributed by atoms with Crippen molar-refractivity contribution in [1.82, 2.24) is 20.0 Å². The van der Waals surface area contributed by atoms with E-state index >= 15 is 0 Å². The Balaban J connectivity index is 0.000000970. The molecule has 0 spiro atoms. The van der Waals surface area contributed by atoms with Crippen LogP contribution < -0.4 is 5.32 Å². The van der Waals surface area contributed by atoms with Crippen LogP contribution in [0.15, 0.2) is 30.3 Å². The predicted octanol–water partition coefficient (Wildman–Crippen LogP) is 0.416. The lowest BCUT2D eigenvalue weighted by atomic mass is 10.2. The van der Waals surface area contributed by atoms with Crippen molar-refractivity contribution in [3.05, 3.63) is 35.9 Å². The van der Waals surface area contributed by atoms with Gasteiger partial charge in [0.15, 0.2) is 0 Å². The molecule has 2 rings (SSSR count). The van der Waals surface area contributed by atoms with Gasteiger partial charge in [0.2, 0.25) is 0 Å². The number of imide groups is 1. The van der Waals surface area contributed by atoms with Crippen molar-refractivity contribution in [3.8, 4) is 0 Å². The van der Waals surface area contributed by atoms with Gasteiger partial charge in [-0.05, 0) is 19.2 Å². The second-order valence-corrected chi connectivity index (χ2v) is 5.80. The summed E-state index contributed by atoms with van der Waals surface area (Å²) in [6.45, 7) is 5.35. The third-order valence-electron chi connectivity index (χ3n) is 3.95. The maximum atomic E-state index is 12.0. The van der Waals surface area contributed by atoms with Crippen LogP contribution in [0, 0.1) is 0 Å². The van der Waals surface area contributed by atoms with Gasteiger partial charge in [-0.3, -0.25) is 19.8 Å². The van der Waals surface area contributed by atoms with Crippen LogP contribution in [0.1, 0.15) is 10.4 Å². The summed E-state index contributed by atoms with van der Waals surface area (Å²) in [6.07, 6.45) is 0. The zero-order valence-corrected chi connectivity index (χ0v) is 14.7. The average Bonchev–Trinajstić information content (AvgIpc) is 2.62. The Morgan fingerprint density at radius 1 is 1.20 bits per heavy atom. The summed E-state index contributed by atoms with van der Waals surface area (Å²) >= 11 is 0. The first-order valence-corrected chi connectivity index (χ1v) is 8.08. The maximum absolute atomic E-state index is 12.0. The van der Waals surface area contributed by atoms with Crippen LogP contribution in [0.5, 0.6) is 0 Å². The van der Waals surface area contributed by atoms with Gasteiger partial charge in [0.1, 0.15) is 0 Å². The summed E-state index contributed by atoms with van der Waals surface area (Å²) < 4.78 is 0. The summed E-state index contributed by atoms with van der Waals surface area (Å²) in [6, 6.07) is 8.40. The van der Waals surface area contributed by atoms with E-state index in [-0.39, 0.29) is 18.4 Å². The van der Waals surface area contributed by atoms with Gasteiger partial charge in [0.25, 0.3) is 12.4 Å². The number of carboxylic acid groups (broad SMARTS) is 1. The highest BCUT2D eigenvalue weighted by Crippen LogP contribution is 2.00. The van der Waals surface area contributed by atoms with Crippen LogP contribution in [-0.4, -0.2) is 91.6 Å². The molecule has 0 bridgehead atoms. The summed E-state index contributed by atoms with van der Waals surface area (Å²) in [5.41, 5.74) is 0.489. The fourth-order valence-electron chi connectivity index (χ4n) is 2.32. The van der Waals surface area contributed by atoms with Gasteiger partial charge in [0, 0.05) is 51.9 Å². The van der Waals surface area contributed by atoms with Gasteiger partial charge >= 0.3 is 6.03 Å². The normalized spacial score (nSPS) is 14.8. The number of amides is 3. The third-order valence-corrected chi connectivity index (χ3v) is 3.95. The number of hydrogen-bond acceptors (Lipinski definition) is 5. The van der Waals surface area contributed by atoms with Crippen molar-refractivity contribution in [2.24, 2.45) is 0 Å². The highest BCUT2D eigenvalue weighted by molar-refractivity contribution is 6.04. The summed E-state index contributed by atoms with van der Waals surface area (Å²) in [5, 5.41) is 9.30. The van der Waals surface area contributed by atoms with E-state index in [9.17, 15) is 9.59 Å². The van der Waals surface area contributed by atoms with E-state index in [1.807, 2.05) is 6.07 Å². The van der Waals surface area contributed by atoms with Gasteiger partial charge < -0.3 is 14.9 Å². The molecule has 0 radical (unpaired) electrons. The second kappa shape index (κ2) is 11.2. The molecule has 25 heavy (non-hydrogen) atoms. The van der Waals surface area contributed by atoms with Crippen LogP contribution in [-0.2, 0) is 4.79 Å². The number of nitrogens with one attached hydrogen (secondary N) is 1. The van der Waals surface area contributed by atoms with Crippen LogP contribution in [0.25, 0.3) is 0 Å². The molecule has 0 aliphatic carbocycles. The Morgan fingerprint density at radius 2 is 1.76 bits per heavy atom. The highest BCUT2D eigenvalue weighted by atomic mass is 16.3. The molecule has 1 aliphatic heterocycles. The van der Waals surface area contributed by atoms with E-state index in [0.717, 1.165) is 32.7 Å². The lowest BCUT2D eigenvalue weighted by Crippen LogP contribution is -2.48. The number of piperazine rings is 1. The zero-order valence-electron chi connectivity index (χ0n) is 14.7. The molecule has 8 heteroatoms. The molecule has 2 N–H and O–H groups in total. The van der Waals surface area contributed by atoms with Gasteiger partial charge in [-0.1, -0.05) is 18.2 Å². The van der Waals surface area contributed by atoms with E-state index in [2.05, 4.69) is 22.2 Å². The van der Waals surface area contributed by atoms with Crippen LogP contribution in [0.4, 0.5) is 4.79 Å². The molecule has 8 nitrogen and oxygen atoms in total. The number of nitrogens with zero attached hydrogens (tertiary/aromatic N) is 3. The van der Waals surface area contributed by atoms with E-state index < -0.39 is 0 Å². The number of benzene rings is 1. The number of carbonyl (C=O) groups is 3. The smallest absolute Gasteiger partial charge is 0.324 e. The molecule has 0 atom stereocenters. The molecule has 1 saturated heterocycles. The Morgan fingerprint density at radius 3 is 2.32 bits per heavy atom. The minimum atomic E-state index is -0.364. The Labute approximate surface area is 148 Å². The Bertz CT molecular complexity index is 545. The van der Waals surface area contributed by atoms with Crippen LogP contribution in [0.2, 0.25) is 0 Å². The van der Waals surface area contributed by atoms with Crippen LogP contribution in [0.3, 0.4) is 0 Å². The van der Waals surface area contributed by atoms with Gasteiger partial charge in [-0.15, -0.1) is 0 Å². The second-order valence-electron chi connectivity index (χ2n) is 5.80. The SMILES string of the molecule is CN1CCN(CCN(C)C(=O)NC(=O)c2ccccc2)CC1.O=CO. The molecule has 1 aromatic carbocycles. The highest BCUT2D eigenvalue weighted by Gasteiger charge is 2.17. The molecule has 0 aromatic heterocycles. The summed E-state index contributed by atoms with van der Waals surface area (Å²) in [4.78, 5) is 38.5. The van der Waals surface area contributed by atoms with Crippen molar-refractivity contribution in [3.63, 3.8) is 0 Å². The Hall–Kier alpha value is -2.45. The van der Waals surface area contributed by atoms with E-state index in [1.165, 1.54) is 0 Å². The molecule has 1 aromatic rings. The van der Waals surface area contributed by atoms with Crippen molar-refractivity contribution in [2.45, 2.75) is 0 Å². The average molecular weight is 350 g/mol. The maximum Gasteiger partial charge on any atom is 0.324 e. The Kier molecular flexibility index (Phi) is 9.20. The molecular formula is C17H26N4O4. The molecule has 1 aliphatic rings. The molecular weight excluding hydrogens is 324 g/mol. The van der Waals surface area contributed by atoms with Crippen molar-refractivity contribution >= 4 is 18.4 Å². The molecule has 0 saturated carbocycles. The predicted molar refractivity (Wildman–Crippen MR) is 94.6 cm³/mol. The standard InChI is InChI=1S/C16H24N4O2.CH2O2/c1-18-8-11-20(12-9-18)13-10-19(2)16(22)17-15(21)14-6-4-3-5-7-14;2-1-3/h3-7H,8-13H2,1-2H3,(H,17,21,22);1H,(H,2,3). The van der Waals surface area contributed by atoms with Crippen molar-refractivity contribution in [2.75, 3.05) is 53.4 Å². The lowest BCUT2D eigenvalue weighted by Gasteiger charge is -2.33.